The average Bonchev–Trinajstić information content (AvgIpc) is 2.75. The van der Waals surface area contributed by atoms with Gasteiger partial charge in [-0.15, -0.1) is 0 Å². The van der Waals surface area contributed by atoms with E-state index in [4.69, 9.17) is 0 Å². The van der Waals surface area contributed by atoms with Crippen LogP contribution in [0.25, 0.3) is 0 Å². The zero-order valence-corrected chi connectivity index (χ0v) is 9.68. The molecule has 2 aliphatic rings. The second-order valence-corrected chi connectivity index (χ2v) is 3.91. The molecule has 0 saturated carbocycles. The fourth-order valence-corrected chi connectivity index (χ4v) is 2.13. The van der Waals surface area contributed by atoms with Crippen LogP contribution >= 0.6 is 0 Å². The van der Waals surface area contributed by atoms with Crippen molar-refractivity contribution in [2.24, 2.45) is 5.92 Å². The van der Waals surface area contributed by atoms with Crippen molar-refractivity contribution in [2.45, 2.75) is 20.3 Å². The molecule has 0 amide bonds. The van der Waals surface area contributed by atoms with Crippen LogP contribution in [0.2, 0.25) is 0 Å². The molecule has 2 rings (SSSR count). The highest BCUT2D eigenvalue weighted by Crippen LogP contribution is 2.09. The van der Waals surface area contributed by atoms with E-state index in [0.29, 0.717) is 0 Å². The highest BCUT2D eigenvalue weighted by Gasteiger charge is 2.18. The predicted molar refractivity (Wildman–Crippen MR) is 61.6 cm³/mol. The highest BCUT2D eigenvalue weighted by molar-refractivity contribution is 4.77. The number of hydrogen-bond acceptors (Lipinski definition) is 3. The van der Waals surface area contributed by atoms with Gasteiger partial charge in [-0.1, -0.05) is 13.8 Å². The van der Waals surface area contributed by atoms with Crippen LogP contribution in [0, 0.1) is 5.92 Å². The molecular weight excluding hydrogens is 174 g/mol. The lowest BCUT2D eigenvalue weighted by atomic mass is 10.1. The minimum absolute atomic E-state index is 0.920. The monoisotopic (exact) mass is 199 g/mol. The Morgan fingerprint density at radius 1 is 1.07 bits per heavy atom. The number of nitrogens with zero attached hydrogens (tertiary/aromatic N) is 1. The van der Waals surface area contributed by atoms with E-state index in [1.165, 1.54) is 52.2 Å². The lowest BCUT2D eigenvalue weighted by Crippen LogP contribution is -2.45. The van der Waals surface area contributed by atoms with Crippen LogP contribution in [0.15, 0.2) is 0 Å². The predicted octanol–water partition coefficient (Wildman–Crippen LogP) is 0.527. The lowest BCUT2D eigenvalue weighted by Gasteiger charge is -2.29. The van der Waals surface area contributed by atoms with Crippen molar-refractivity contribution in [2.75, 3.05) is 45.8 Å². The zero-order valence-electron chi connectivity index (χ0n) is 9.68. The molecule has 2 saturated heterocycles. The van der Waals surface area contributed by atoms with E-state index in [9.17, 15) is 0 Å². The molecule has 1 atom stereocenters. The van der Waals surface area contributed by atoms with E-state index in [1.54, 1.807) is 0 Å². The van der Waals surface area contributed by atoms with E-state index in [2.05, 4.69) is 15.5 Å². The van der Waals surface area contributed by atoms with Crippen LogP contribution < -0.4 is 10.6 Å². The lowest BCUT2D eigenvalue weighted by molar-refractivity contribution is 0.211. The van der Waals surface area contributed by atoms with Crippen molar-refractivity contribution in [3.8, 4) is 0 Å². The summed E-state index contributed by atoms with van der Waals surface area (Å²) in [7, 11) is 0. The Morgan fingerprint density at radius 2 is 1.79 bits per heavy atom. The first kappa shape index (κ1) is 12.0. The van der Waals surface area contributed by atoms with Crippen LogP contribution in [0.5, 0.6) is 0 Å². The van der Waals surface area contributed by atoms with Crippen LogP contribution in [-0.4, -0.2) is 50.7 Å². The molecule has 0 spiro atoms. The second-order valence-electron chi connectivity index (χ2n) is 3.91. The molecule has 0 radical (unpaired) electrons. The molecule has 2 aliphatic heterocycles. The maximum absolute atomic E-state index is 3.42. The van der Waals surface area contributed by atoms with Crippen LogP contribution in [0.1, 0.15) is 20.3 Å². The second kappa shape index (κ2) is 7.21. The topological polar surface area (TPSA) is 27.3 Å². The van der Waals surface area contributed by atoms with Crippen LogP contribution in [0.4, 0.5) is 0 Å². The molecule has 2 fully saturated rings. The summed E-state index contributed by atoms with van der Waals surface area (Å²) < 4.78 is 0. The largest absolute Gasteiger partial charge is 0.316 e. The summed E-state index contributed by atoms with van der Waals surface area (Å²) in [5.41, 5.74) is 0. The highest BCUT2D eigenvalue weighted by atomic mass is 15.2. The molecule has 0 unspecified atom stereocenters. The van der Waals surface area contributed by atoms with Gasteiger partial charge in [0.05, 0.1) is 0 Å². The summed E-state index contributed by atoms with van der Waals surface area (Å²) in [6.07, 6.45) is 1.38. The van der Waals surface area contributed by atoms with Gasteiger partial charge in [0.2, 0.25) is 0 Å². The summed E-state index contributed by atoms with van der Waals surface area (Å²) >= 11 is 0. The number of rotatable bonds is 2. The minimum Gasteiger partial charge on any atom is -0.316 e. The molecule has 2 heterocycles. The first-order valence-corrected chi connectivity index (χ1v) is 6.09. The van der Waals surface area contributed by atoms with Gasteiger partial charge >= 0.3 is 0 Å². The molecule has 3 nitrogen and oxygen atoms in total. The zero-order chi connectivity index (χ0) is 10.2. The van der Waals surface area contributed by atoms with Crippen molar-refractivity contribution < 1.29 is 0 Å². The van der Waals surface area contributed by atoms with Crippen molar-refractivity contribution in [3.63, 3.8) is 0 Å². The van der Waals surface area contributed by atoms with Crippen molar-refractivity contribution in [3.05, 3.63) is 0 Å². The molecular formula is C11H25N3. The minimum atomic E-state index is 0.920. The third kappa shape index (κ3) is 3.95. The first-order valence-electron chi connectivity index (χ1n) is 6.09. The summed E-state index contributed by atoms with van der Waals surface area (Å²) in [5, 5.41) is 6.80. The quantitative estimate of drug-likeness (QED) is 0.679. The molecule has 84 valence electrons. The summed E-state index contributed by atoms with van der Waals surface area (Å²) in [6.45, 7) is 12.6. The van der Waals surface area contributed by atoms with Gasteiger partial charge in [0.15, 0.2) is 0 Å². The van der Waals surface area contributed by atoms with Gasteiger partial charge in [-0.05, 0) is 25.4 Å². The van der Waals surface area contributed by atoms with Gasteiger partial charge in [0.25, 0.3) is 0 Å². The van der Waals surface area contributed by atoms with E-state index in [-0.39, 0.29) is 0 Å². The standard InChI is InChI=1S/C9H19N3.C2H6/c1-2-11-7-9(1)8-12-5-3-10-4-6-12;1-2/h9-11H,1-8H2;1-2H3/t9-;/m1./s1. The molecule has 0 bridgehead atoms. The maximum Gasteiger partial charge on any atom is 0.0107 e. The van der Waals surface area contributed by atoms with Gasteiger partial charge in [-0.3, -0.25) is 0 Å². The average molecular weight is 199 g/mol. The van der Waals surface area contributed by atoms with Gasteiger partial charge in [0.1, 0.15) is 0 Å². The van der Waals surface area contributed by atoms with Crippen molar-refractivity contribution >= 4 is 0 Å². The number of piperazine rings is 1. The van der Waals surface area contributed by atoms with Gasteiger partial charge in [-0.25, -0.2) is 0 Å². The normalized spacial score (nSPS) is 28.3. The SMILES string of the molecule is C1CN(C[C@@H]2CCNC2)CCN1.CC. The molecule has 3 heteroatoms. The Labute approximate surface area is 88.2 Å². The van der Waals surface area contributed by atoms with Crippen LogP contribution in [0.3, 0.4) is 0 Å². The van der Waals surface area contributed by atoms with E-state index >= 15 is 0 Å². The molecule has 0 aromatic heterocycles. The molecule has 0 aromatic carbocycles. The Bertz CT molecular complexity index is 126. The Hall–Kier alpha value is -0.120. The van der Waals surface area contributed by atoms with Crippen LogP contribution in [-0.2, 0) is 0 Å². The Balaban J connectivity index is 0.000000461. The smallest absolute Gasteiger partial charge is 0.0107 e. The Morgan fingerprint density at radius 3 is 2.36 bits per heavy atom. The summed E-state index contributed by atoms with van der Waals surface area (Å²) in [5.74, 6) is 0.920. The number of hydrogen-bond donors (Lipinski definition) is 2. The fourth-order valence-electron chi connectivity index (χ4n) is 2.13. The number of nitrogens with one attached hydrogen (secondary N) is 2. The van der Waals surface area contributed by atoms with Crippen molar-refractivity contribution in [1.29, 1.82) is 0 Å². The van der Waals surface area contributed by atoms with Gasteiger partial charge < -0.3 is 15.5 Å². The summed E-state index contributed by atoms with van der Waals surface area (Å²) in [6, 6.07) is 0. The van der Waals surface area contributed by atoms with Gasteiger partial charge in [0, 0.05) is 32.7 Å². The van der Waals surface area contributed by atoms with E-state index in [0.717, 1.165) is 5.92 Å². The van der Waals surface area contributed by atoms with E-state index in [1.807, 2.05) is 13.8 Å². The molecule has 0 aromatic rings. The molecule has 0 aliphatic carbocycles. The molecule has 14 heavy (non-hydrogen) atoms. The van der Waals surface area contributed by atoms with Gasteiger partial charge in [-0.2, -0.15) is 0 Å². The first-order chi connectivity index (χ1) is 6.95. The van der Waals surface area contributed by atoms with E-state index < -0.39 is 0 Å². The third-order valence-electron chi connectivity index (χ3n) is 2.89. The summed E-state index contributed by atoms with van der Waals surface area (Å²) in [4.78, 5) is 2.59. The Kier molecular flexibility index (Phi) is 6.15. The molecule has 2 N–H and O–H groups in total. The third-order valence-corrected chi connectivity index (χ3v) is 2.89. The van der Waals surface area contributed by atoms with Crippen molar-refractivity contribution in [1.82, 2.24) is 15.5 Å². The maximum atomic E-state index is 3.42. The fraction of sp³-hybridized carbons (Fsp3) is 1.00.